The summed E-state index contributed by atoms with van der Waals surface area (Å²) in [7, 11) is 1.72. The van der Waals surface area contributed by atoms with Gasteiger partial charge in [0.1, 0.15) is 18.2 Å². The van der Waals surface area contributed by atoms with Crippen LogP contribution in [0.4, 0.5) is 4.39 Å². The lowest BCUT2D eigenvalue weighted by molar-refractivity contribution is 0.205. The molecule has 0 aliphatic heterocycles. The minimum atomic E-state index is -0.987. The van der Waals surface area contributed by atoms with E-state index in [9.17, 15) is 9.50 Å². The Balaban J connectivity index is 2.41. The second kappa shape index (κ2) is 4.31. The molecule has 0 fully saturated rings. The standard InChI is InChI=1S/C10H9BrFN3O/c1-15-5-13-14-10(15)9(16)6-2-7(11)4-8(12)3-6/h2-5,9,16H,1H3. The molecule has 1 heterocycles. The molecule has 0 saturated heterocycles. The molecule has 6 heteroatoms. The predicted molar refractivity (Wildman–Crippen MR) is 59.2 cm³/mol. The first-order chi connectivity index (χ1) is 7.58. The average molecular weight is 286 g/mol. The number of hydrogen-bond donors (Lipinski definition) is 1. The van der Waals surface area contributed by atoms with Gasteiger partial charge in [0, 0.05) is 11.5 Å². The summed E-state index contributed by atoms with van der Waals surface area (Å²) in [4.78, 5) is 0. The molecule has 16 heavy (non-hydrogen) atoms. The maximum Gasteiger partial charge on any atom is 0.166 e. The van der Waals surface area contributed by atoms with Gasteiger partial charge in [-0.1, -0.05) is 15.9 Å². The highest BCUT2D eigenvalue weighted by atomic mass is 79.9. The predicted octanol–water partition coefficient (Wildman–Crippen LogP) is 1.80. The van der Waals surface area contributed by atoms with Crippen molar-refractivity contribution in [3.8, 4) is 0 Å². The molecule has 1 atom stereocenters. The Hall–Kier alpha value is -1.27. The van der Waals surface area contributed by atoms with Crippen LogP contribution >= 0.6 is 15.9 Å². The number of halogens is 2. The average Bonchev–Trinajstić information content (AvgIpc) is 2.62. The van der Waals surface area contributed by atoms with E-state index in [0.29, 0.717) is 15.9 Å². The van der Waals surface area contributed by atoms with E-state index in [4.69, 9.17) is 0 Å². The Bertz CT molecular complexity index is 494. The summed E-state index contributed by atoms with van der Waals surface area (Å²) in [5.74, 6) is -0.0388. The van der Waals surface area contributed by atoms with Gasteiger partial charge in [0.05, 0.1) is 0 Å². The topological polar surface area (TPSA) is 50.9 Å². The minimum absolute atomic E-state index is 0.373. The molecule has 2 aromatic rings. The SMILES string of the molecule is Cn1cnnc1C(O)c1cc(F)cc(Br)c1. The van der Waals surface area contributed by atoms with Crippen molar-refractivity contribution in [3.63, 3.8) is 0 Å². The molecule has 0 bridgehead atoms. The second-order valence-corrected chi connectivity index (χ2v) is 4.32. The van der Waals surface area contributed by atoms with Gasteiger partial charge >= 0.3 is 0 Å². The third-order valence-electron chi connectivity index (χ3n) is 2.19. The molecule has 0 radical (unpaired) electrons. The molecule has 0 amide bonds. The van der Waals surface area contributed by atoms with Gasteiger partial charge in [-0.25, -0.2) is 4.39 Å². The summed E-state index contributed by atoms with van der Waals surface area (Å²) < 4.78 is 15.3. The normalized spacial score (nSPS) is 12.8. The van der Waals surface area contributed by atoms with Crippen LogP contribution in [0.15, 0.2) is 29.0 Å². The van der Waals surface area contributed by atoms with Crippen LogP contribution in [-0.2, 0) is 7.05 Å². The highest BCUT2D eigenvalue weighted by Gasteiger charge is 2.16. The van der Waals surface area contributed by atoms with E-state index < -0.39 is 11.9 Å². The summed E-state index contributed by atoms with van der Waals surface area (Å²) in [6.45, 7) is 0. The third kappa shape index (κ3) is 2.12. The van der Waals surface area contributed by atoms with Gasteiger partial charge in [0.15, 0.2) is 5.82 Å². The first-order valence-corrected chi connectivity index (χ1v) is 5.35. The zero-order chi connectivity index (χ0) is 11.7. The molecule has 84 valence electrons. The summed E-state index contributed by atoms with van der Waals surface area (Å²) in [6.07, 6.45) is 0.492. The van der Waals surface area contributed by atoms with Crippen LogP contribution in [0.2, 0.25) is 0 Å². The Morgan fingerprint density at radius 3 is 2.75 bits per heavy atom. The number of benzene rings is 1. The zero-order valence-electron chi connectivity index (χ0n) is 8.43. The van der Waals surface area contributed by atoms with Crippen LogP contribution in [-0.4, -0.2) is 19.9 Å². The van der Waals surface area contributed by atoms with Gasteiger partial charge < -0.3 is 9.67 Å². The molecule has 1 N–H and O–H groups in total. The summed E-state index contributed by atoms with van der Waals surface area (Å²) in [6, 6.07) is 4.24. The largest absolute Gasteiger partial charge is 0.380 e. The number of hydrogen-bond acceptors (Lipinski definition) is 3. The van der Waals surface area contributed by atoms with Gasteiger partial charge in [-0.2, -0.15) is 0 Å². The lowest BCUT2D eigenvalue weighted by atomic mass is 10.1. The number of aliphatic hydroxyl groups is 1. The van der Waals surface area contributed by atoms with Crippen molar-refractivity contribution in [2.24, 2.45) is 7.05 Å². The van der Waals surface area contributed by atoms with E-state index in [1.165, 1.54) is 18.5 Å². The van der Waals surface area contributed by atoms with Crippen LogP contribution in [0.1, 0.15) is 17.5 Å². The highest BCUT2D eigenvalue weighted by molar-refractivity contribution is 9.10. The highest BCUT2D eigenvalue weighted by Crippen LogP contribution is 2.23. The summed E-state index contributed by atoms with van der Waals surface area (Å²) >= 11 is 3.17. The van der Waals surface area contributed by atoms with Crippen LogP contribution in [0.25, 0.3) is 0 Å². The van der Waals surface area contributed by atoms with Gasteiger partial charge in [0.2, 0.25) is 0 Å². The van der Waals surface area contributed by atoms with Crippen molar-refractivity contribution >= 4 is 15.9 Å². The van der Waals surface area contributed by atoms with E-state index >= 15 is 0 Å². The molecule has 0 saturated carbocycles. The van der Waals surface area contributed by atoms with Gasteiger partial charge in [-0.15, -0.1) is 10.2 Å². The Morgan fingerprint density at radius 1 is 1.44 bits per heavy atom. The fourth-order valence-electron chi connectivity index (χ4n) is 1.42. The lowest BCUT2D eigenvalue weighted by Crippen LogP contribution is -2.07. The number of aryl methyl sites for hydroxylation is 1. The van der Waals surface area contributed by atoms with Gasteiger partial charge in [-0.3, -0.25) is 0 Å². The van der Waals surface area contributed by atoms with E-state index in [2.05, 4.69) is 26.1 Å². The van der Waals surface area contributed by atoms with E-state index in [0.717, 1.165) is 0 Å². The maximum atomic E-state index is 13.1. The number of aliphatic hydroxyl groups excluding tert-OH is 1. The monoisotopic (exact) mass is 285 g/mol. The van der Waals surface area contributed by atoms with E-state index in [-0.39, 0.29) is 0 Å². The molecule has 1 aromatic carbocycles. The summed E-state index contributed by atoms with van der Waals surface area (Å²) in [5.41, 5.74) is 0.433. The van der Waals surface area contributed by atoms with Gasteiger partial charge in [-0.05, 0) is 23.8 Å². The zero-order valence-corrected chi connectivity index (χ0v) is 10.0. The van der Waals surface area contributed by atoms with Crippen molar-refractivity contribution < 1.29 is 9.50 Å². The Labute approximate surface area is 99.9 Å². The smallest absolute Gasteiger partial charge is 0.166 e. The third-order valence-corrected chi connectivity index (χ3v) is 2.65. The molecule has 4 nitrogen and oxygen atoms in total. The first-order valence-electron chi connectivity index (χ1n) is 4.56. The molecule has 1 aromatic heterocycles. The van der Waals surface area contributed by atoms with Crippen molar-refractivity contribution in [1.82, 2.24) is 14.8 Å². The van der Waals surface area contributed by atoms with Crippen molar-refractivity contribution in [1.29, 1.82) is 0 Å². The lowest BCUT2D eigenvalue weighted by Gasteiger charge is -2.10. The fraction of sp³-hybridized carbons (Fsp3) is 0.200. The molecule has 1 unspecified atom stereocenters. The van der Waals surface area contributed by atoms with Crippen LogP contribution in [0.5, 0.6) is 0 Å². The van der Waals surface area contributed by atoms with Crippen LogP contribution in [0, 0.1) is 5.82 Å². The fourth-order valence-corrected chi connectivity index (χ4v) is 1.90. The molecule has 0 aliphatic rings. The number of aromatic nitrogens is 3. The number of rotatable bonds is 2. The molecule has 2 rings (SSSR count). The van der Waals surface area contributed by atoms with Crippen molar-refractivity contribution in [2.75, 3.05) is 0 Å². The minimum Gasteiger partial charge on any atom is -0.380 e. The van der Waals surface area contributed by atoms with Crippen LogP contribution in [0.3, 0.4) is 0 Å². The van der Waals surface area contributed by atoms with Gasteiger partial charge in [0.25, 0.3) is 0 Å². The molecular weight excluding hydrogens is 277 g/mol. The summed E-state index contributed by atoms with van der Waals surface area (Å²) in [5, 5.41) is 17.4. The van der Waals surface area contributed by atoms with E-state index in [1.807, 2.05) is 0 Å². The first kappa shape index (κ1) is 11.2. The Kier molecular flexibility index (Phi) is 3.02. The second-order valence-electron chi connectivity index (χ2n) is 3.41. The molecule has 0 spiro atoms. The van der Waals surface area contributed by atoms with Crippen molar-refractivity contribution in [3.05, 3.63) is 46.2 Å². The molecular formula is C10H9BrFN3O. The number of nitrogens with zero attached hydrogens (tertiary/aromatic N) is 3. The van der Waals surface area contributed by atoms with Crippen molar-refractivity contribution in [2.45, 2.75) is 6.10 Å². The molecule has 0 aliphatic carbocycles. The maximum absolute atomic E-state index is 13.1. The van der Waals surface area contributed by atoms with Crippen LogP contribution < -0.4 is 0 Å². The van der Waals surface area contributed by atoms with E-state index in [1.54, 1.807) is 17.7 Å². The quantitative estimate of drug-likeness (QED) is 0.915. The Morgan fingerprint density at radius 2 is 2.19 bits per heavy atom.